The van der Waals surface area contributed by atoms with Crippen molar-refractivity contribution in [3.8, 4) is 0 Å². The van der Waals surface area contributed by atoms with Gasteiger partial charge in [-0.15, -0.1) is 0 Å². The number of rotatable bonds is 6. The van der Waals surface area contributed by atoms with Crippen LogP contribution in [-0.4, -0.2) is 60.0 Å². The first-order valence-corrected chi connectivity index (χ1v) is 8.88. The average Bonchev–Trinajstić information content (AvgIpc) is 2.99. The van der Waals surface area contributed by atoms with Crippen LogP contribution >= 0.6 is 0 Å². The predicted molar refractivity (Wildman–Crippen MR) is 87.4 cm³/mol. The summed E-state index contributed by atoms with van der Waals surface area (Å²) in [5, 5.41) is 3.55. The fourth-order valence-corrected chi connectivity index (χ4v) is 3.67. The highest BCUT2D eigenvalue weighted by atomic mass is 16.2. The van der Waals surface area contributed by atoms with Crippen molar-refractivity contribution in [2.75, 3.05) is 26.2 Å². The molecule has 21 heavy (non-hydrogen) atoms. The van der Waals surface area contributed by atoms with E-state index in [1.54, 1.807) is 0 Å². The zero-order chi connectivity index (χ0) is 15.2. The van der Waals surface area contributed by atoms with Gasteiger partial charge < -0.3 is 10.2 Å². The van der Waals surface area contributed by atoms with Crippen molar-refractivity contribution in [2.24, 2.45) is 0 Å². The zero-order valence-corrected chi connectivity index (χ0v) is 14.1. The standard InChI is InChI=1S/C17H33N3O/c1-4-16-9-5-6-11-20(16)17(21)13-19(14(2)3)12-15-8-7-10-18-15/h14-16,18H,4-13H2,1-3H3. The minimum atomic E-state index is 0.341. The molecule has 2 unspecified atom stereocenters. The normalized spacial score (nSPS) is 26.8. The third-order valence-corrected chi connectivity index (χ3v) is 5.10. The molecule has 0 aliphatic carbocycles. The van der Waals surface area contributed by atoms with Gasteiger partial charge in [0.15, 0.2) is 0 Å². The van der Waals surface area contributed by atoms with Crippen LogP contribution < -0.4 is 5.32 Å². The van der Waals surface area contributed by atoms with Crippen molar-refractivity contribution in [3.05, 3.63) is 0 Å². The van der Waals surface area contributed by atoms with Crippen molar-refractivity contribution in [1.29, 1.82) is 0 Å². The number of hydrogen-bond donors (Lipinski definition) is 1. The van der Waals surface area contributed by atoms with Crippen molar-refractivity contribution < 1.29 is 4.79 Å². The van der Waals surface area contributed by atoms with Crippen LogP contribution in [0.5, 0.6) is 0 Å². The van der Waals surface area contributed by atoms with E-state index in [-0.39, 0.29) is 0 Å². The van der Waals surface area contributed by atoms with E-state index in [2.05, 4.69) is 35.9 Å². The number of nitrogens with one attached hydrogen (secondary N) is 1. The first-order chi connectivity index (χ1) is 10.1. The molecule has 2 saturated heterocycles. The summed E-state index contributed by atoms with van der Waals surface area (Å²) in [5.74, 6) is 0.341. The molecule has 2 heterocycles. The highest BCUT2D eigenvalue weighted by Gasteiger charge is 2.28. The molecule has 0 radical (unpaired) electrons. The Morgan fingerprint density at radius 2 is 2.10 bits per heavy atom. The minimum absolute atomic E-state index is 0.341. The number of amides is 1. The third kappa shape index (κ3) is 4.68. The van der Waals surface area contributed by atoms with Crippen LogP contribution in [0.4, 0.5) is 0 Å². The van der Waals surface area contributed by atoms with Crippen LogP contribution in [0.15, 0.2) is 0 Å². The molecule has 2 fully saturated rings. The van der Waals surface area contributed by atoms with Gasteiger partial charge in [0, 0.05) is 31.2 Å². The maximum atomic E-state index is 12.7. The Morgan fingerprint density at radius 3 is 2.71 bits per heavy atom. The van der Waals surface area contributed by atoms with Crippen LogP contribution in [0.2, 0.25) is 0 Å². The van der Waals surface area contributed by atoms with Crippen LogP contribution in [-0.2, 0) is 4.79 Å². The van der Waals surface area contributed by atoms with Gasteiger partial charge in [0.05, 0.1) is 6.54 Å². The lowest BCUT2D eigenvalue weighted by atomic mass is 10.00. The lowest BCUT2D eigenvalue weighted by Crippen LogP contribution is -2.51. The second kappa shape index (κ2) is 8.14. The summed E-state index contributed by atoms with van der Waals surface area (Å²) in [7, 11) is 0. The summed E-state index contributed by atoms with van der Waals surface area (Å²) >= 11 is 0. The number of nitrogens with zero attached hydrogens (tertiary/aromatic N) is 2. The van der Waals surface area contributed by atoms with E-state index in [0.29, 0.717) is 30.6 Å². The predicted octanol–water partition coefficient (Wildman–Crippen LogP) is 2.24. The smallest absolute Gasteiger partial charge is 0.237 e. The SMILES string of the molecule is CCC1CCCCN1C(=O)CN(CC1CCCN1)C(C)C. The Kier molecular flexibility index (Phi) is 6.49. The Hall–Kier alpha value is -0.610. The van der Waals surface area contributed by atoms with Crippen molar-refractivity contribution in [1.82, 2.24) is 15.1 Å². The van der Waals surface area contributed by atoms with E-state index in [1.807, 2.05) is 0 Å². The van der Waals surface area contributed by atoms with E-state index >= 15 is 0 Å². The largest absolute Gasteiger partial charge is 0.339 e. The van der Waals surface area contributed by atoms with Crippen LogP contribution in [0.25, 0.3) is 0 Å². The quantitative estimate of drug-likeness (QED) is 0.816. The van der Waals surface area contributed by atoms with Gasteiger partial charge in [-0.25, -0.2) is 0 Å². The summed E-state index contributed by atoms with van der Waals surface area (Å²) in [6.45, 7) is 10.3. The number of piperidine rings is 1. The Morgan fingerprint density at radius 1 is 1.29 bits per heavy atom. The molecule has 4 heteroatoms. The molecule has 2 aliphatic rings. The maximum Gasteiger partial charge on any atom is 0.237 e. The van der Waals surface area contributed by atoms with Crippen molar-refractivity contribution >= 4 is 5.91 Å². The highest BCUT2D eigenvalue weighted by Crippen LogP contribution is 2.20. The van der Waals surface area contributed by atoms with Crippen LogP contribution in [0.1, 0.15) is 59.3 Å². The molecule has 122 valence electrons. The highest BCUT2D eigenvalue weighted by molar-refractivity contribution is 5.78. The topological polar surface area (TPSA) is 35.6 Å². The molecular formula is C17H33N3O. The summed E-state index contributed by atoms with van der Waals surface area (Å²) in [4.78, 5) is 17.2. The first-order valence-electron chi connectivity index (χ1n) is 8.88. The van der Waals surface area contributed by atoms with Crippen molar-refractivity contribution in [2.45, 2.75) is 77.4 Å². The summed E-state index contributed by atoms with van der Waals surface area (Å²) in [6, 6.07) is 1.48. The van der Waals surface area contributed by atoms with E-state index in [9.17, 15) is 4.79 Å². The lowest BCUT2D eigenvalue weighted by molar-refractivity contribution is -0.136. The number of likely N-dealkylation sites (tertiary alicyclic amines) is 1. The van der Waals surface area contributed by atoms with Gasteiger partial charge in [0.2, 0.25) is 5.91 Å². The number of carbonyl (C=O) groups is 1. The van der Waals surface area contributed by atoms with Gasteiger partial charge in [-0.05, 0) is 58.9 Å². The minimum Gasteiger partial charge on any atom is -0.339 e. The lowest BCUT2D eigenvalue weighted by Gasteiger charge is -2.38. The fraction of sp³-hybridized carbons (Fsp3) is 0.941. The molecule has 2 rings (SSSR count). The molecule has 1 N–H and O–H groups in total. The molecule has 2 atom stereocenters. The van der Waals surface area contributed by atoms with E-state index < -0.39 is 0 Å². The van der Waals surface area contributed by atoms with Gasteiger partial charge in [0.1, 0.15) is 0 Å². The molecular weight excluding hydrogens is 262 g/mol. The second-order valence-corrected chi connectivity index (χ2v) is 6.96. The van der Waals surface area contributed by atoms with E-state index in [1.165, 1.54) is 32.1 Å². The molecule has 0 aromatic heterocycles. The van der Waals surface area contributed by atoms with E-state index in [4.69, 9.17) is 0 Å². The molecule has 0 bridgehead atoms. The Balaban J connectivity index is 1.90. The molecule has 4 nitrogen and oxygen atoms in total. The van der Waals surface area contributed by atoms with E-state index in [0.717, 1.165) is 26.1 Å². The van der Waals surface area contributed by atoms with Gasteiger partial charge in [-0.3, -0.25) is 9.69 Å². The molecule has 0 saturated carbocycles. The number of carbonyl (C=O) groups excluding carboxylic acids is 1. The molecule has 0 spiro atoms. The summed E-state index contributed by atoms with van der Waals surface area (Å²) < 4.78 is 0. The van der Waals surface area contributed by atoms with Gasteiger partial charge in [-0.1, -0.05) is 6.92 Å². The second-order valence-electron chi connectivity index (χ2n) is 6.96. The van der Waals surface area contributed by atoms with Gasteiger partial charge in [0.25, 0.3) is 0 Å². The Labute approximate surface area is 130 Å². The zero-order valence-electron chi connectivity index (χ0n) is 14.1. The summed E-state index contributed by atoms with van der Waals surface area (Å²) in [6.07, 6.45) is 7.26. The van der Waals surface area contributed by atoms with Gasteiger partial charge in [-0.2, -0.15) is 0 Å². The fourth-order valence-electron chi connectivity index (χ4n) is 3.67. The monoisotopic (exact) mass is 295 g/mol. The third-order valence-electron chi connectivity index (χ3n) is 5.10. The molecule has 1 amide bonds. The summed E-state index contributed by atoms with van der Waals surface area (Å²) in [5.41, 5.74) is 0. The average molecular weight is 295 g/mol. The molecule has 0 aromatic rings. The van der Waals surface area contributed by atoms with Gasteiger partial charge >= 0.3 is 0 Å². The van der Waals surface area contributed by atoms with Crippen LogP contribution in [0.3, 0.4) is 0 Å². The Bertz CT molecular complexity index is 326. The molecule has 2 aliphatic heterocycles. The molecule has 0 aromatic carbocycles. The number of hydrogen-bond acceptors (Lipinski definition) is 3. The van der Waals surface area contributed by atoms with Crippen LogP contribution in [0, 0.1) is 0 Å². The first kappa shape index (κ1) is 16.8. The van der Waals surface area contributed by atoms with Crippen molar-refractivity contribution in [3.63, 3.8) is 0 Å². The maximum absolute atomic E-state index is 12.7.